The van der Waals surface area contributed by atoms with Gasteiger partial charge in [-0.05, 0) is 6.07 Å². The molecular formula is C5H5N2O3S. The van der Waals surface area contributed by atoms with E-state index in [4.69, 9.17) is 0 Å². The van der Waals surface area contributed by atoms with E-state index in [9.17, 15) is 13.5 Å². The molecule has 5 nitrogen and oxygen atoms in total. The van der Waals surface area contributed by atoms with Crippen LogP contribution in [0.1, 0.15) is 0 Å². The molecule has 0 aliphatic carbocycles. The van der Waals surface area contributed by atoms with Crippen LogP contribution in [0.25, 0.3) is 0 Å². The first kappa shape index (κ1) is 7.93. The number of rotatable bonds is 1. The highest BCUT2D eigenvalue weighted by Crippen LogP contribution is 2.06. The average Bonchev–Trinajstić information content (AvgIpc) is 1.86. The smallest absolute Gasteiger partial charge is 0.266 e. The lowest BCUT2D eigenvalue weighted by Crippen LogP contribution is -2.00. The summed E-state index contributed by atoms with van der Waals surface area (Å²) in [7, 11) is -3.33. The van der Waals surface area contributed by atoms with Gasteiger partial charge in [-0.25, -0.2) is 8.42 Å². The van der Waals surface area contributed by atoms with Crippen LogP contribution in [0.2, 0.25) is 0 Å². The Morgan fingerprint density at radius 3 is 2.27 bits per heavy atom. The number of nitrogens with zero attached hydrogens (tertiary/aromatic N) is 2. The second kappa shape index (κ2) is 2.46. The van der Waals surface area contributed by atoms with Gasteiger partial charge >= 0.3 is 0 Å². The molecule has 59 valence electrons. The molecule has 0 aliphatic heterocycles. The van der Waals surface area contributed by atoms with Crippen molar-refractivity contribution in [1.29, 1.82) is 0 Å². The lowest BCUT2D eigenvalue weighted by atomic mass is 10.6. The summed E-state index contributed by atoms with van der Waals surface area (Å²) >= 11 is 0. The molecule has 0 saturated heterocycles. The standard InChI is InChI=1S/C5H5N2O3S/c1-11(9,10)5-3-2-4(8)6-7-5/h2-3H,1H3. The first-order valence-corrected chi connectivity index (χ1v) is 4.60. The molecule has 0 aliphatic rings. The normalized spacial score (nSPS) is 11.4. The van der Waals surface area contributed by atoms with Crippen molar-refractivity contribution >= 4 is 9.84 Å². The Hall–Kier alpha value is -1.17. The van der Waals surface area contributed by atoms with Crippen LogP contribution >= 0.6 is 0 Å². The molecule has 0 N–H and O–H groups in total. The minimum atomic E-state index is -3.33. The van der Waals surface area contributed by atoms with Crippen LogP contribution in [0.15, 0.2) is 17.2 Å². The van der Waals surface area contributed by atoms with Crippen molar-refractivity contribution in [1.82, 2.24) is 10.2 Å². The molecule has 1 heterocycles. The summed E-state index contributed by atoms with van der Waals surface area (Å²) in [5.41, 5.74) is 0. The Kier molecular flexibility index (Phi) is 1.77. The number of hydrogen-bond acceptors (Lipinski definition) is 4. The average molecular weight is 173 g/mol. The number of aromatic nitrogens is 2. The fraction of sp³-hybridized carbons (Fsp3) is 0.200. The van der Waals surface area contributed by atoms with E-state index in [0.29, 0.717) is 0 Å². The molecule has 0 saturated carbocycles. The van der Waals surface area contributed by atoms with Gasteiger partial charge in [0.05, 0.1) is 0 Å². The molecule has 0 aromatic carbocycles. The third-order valence-corrected chi connectivity index (χ3v) is 1.97. The number of sulfone groups is 1. The first-order chi connectivity index (χ1) is 5.00. The van der Waals surface area contributed by atoms with Gasteiger partial charge in [0.1, 0.15) is 0 Å². The van der Waals surface area contributed by atoms with E-state index in [1.54, 1.807) is 0 Å². The molecule has 0 amide bonds. The van der Waals surface area contributed by atoms with Gasteiger partial charge in [0.15, 0.2) is 14.9 Å². The topological polar surface area (TPSA) is 79.8 Å². The van der Waals surface area contributed by atoms with Gasteiger partial charge < -0.3 is 0 Å². The first-order valence-electron chi connectivity index (χ1n) is 2.71. The predicted octanol–water partition coefficient (Wildman–Crippen LogP) is 0.0239. The summed E-state index contributed by atoms with van der Waals surface area (Å²) in [5, 5.41) is 16.5. The molecule has 1 aromatic heterocycles. The fourth-order valence-electron chi connectivity index (χ4n) is 0.506. The predicted molar refractivity (Wildman–Crippen MR) is 35.3 cm³/mol. The van der Waals surface area contributed by atoms with Gasteiger partial charge in [0.2, 0.25) is 0 Å². The zero-order valence-corrected chi connectivity index (χ0v) is 6.50. The van der Waals surface area contributed by atoms with Crippen LogP contribution in [0.4, 0.5) is 0 Å². The largest absolute Gasteiger partial charge is 0.288 e. The highest BCUT2D eigenvalue weighted by Gasteiger charge is 2.08. The second-order valence-electron chi connectivity index (χ2n) is 1.98. The Bertz CT molecular complexity index is 342. The van der Waals surface area contributed by atoms with Crippen LogP contribution in [0.3, 0.4) is 0 Å². The molecule has 1 radical (unpaired) electrons. The Morgan fingerprint density at radius 1 is 1.27 bits per heavy atom. The quantitative estimate of drug-likeness (QED) is 0.599. The Morgan fingerprint density at radius 2 is 1.91 bits per heavy atom. The van der Waals surface area contributed by atoms with Gasteiger partial charge in [-0.15, -0.1) is 10.2 Å². The second-order valence-corrected chi connectivity index (χ2v) is 3.94. The van der Waals surface area contributed by atoms with E-state index in [2.05, 4.69) is 10.2 Å². The van der Waals surface area contributed by atoms with Gasteiger partial charge in [0, 0.05) is 12.3 Å². The minimum absolute atomic E-state index is 0.183. The molecule has 0 bridgehead atoms. The van der Waals surface area contributed by atoms with Crippen molar-refractivity contribution in [3.8, 4) is 5.88 Å². The Balaban J connectivity index is 3.20. The van der Waals surface area contributed by atoms with E-state index in [-0.39, 0.29) is 5.03 Å². The van der Waals surface area contributed by atoms with Crippen LogP contribution < -0.4 is 0 Å². The summed E-state index contributed by atoms with van der Waals surface area (Å²) in [5.74, 6) is -0.544. The van der Waals surface area contributed by atoms with Crippen LogP contribution in [0.5, 0.6) is 5.88 Å². The molecular weight excluding hydrogens is 168 g/mol. The van der Waals surface area contributed by atoms with Crippen molar-refractivity contribution in [2.75, 3.05) is 6.26 Å². The summed E-state index contributed by atoms with van der Waals surface area (Å²) in [6.45, 7) is 0. The van der Waals surface area contributed by atoms with Crippen LogP contribution in [0, 0.1) is 0 Å². The highest BCUT2D eigenvalue weighted by molar-refractivity contribution is 7.90. The van der Waals surface area contributed by atoms with E-state index in [1.807, 2.05) is 0 Å². The van der Waals surface area contributed by atoms with Crippen molar-refractivity contribution in [2.45, 2.75) is 5.03 Å². The van der Waals surface area contributed by atoms with E-state index in [1.165, 1.54) is 0 Å². The fourth-order valence-corrected chi connectivity index (χ4v) is 1.01. The van der Waals surface area contributed by atoms with Gasteiger partial charge in [-0.1, -0.05) is 0 Å². The summed E-state index contributed by atoms with van der Waals surface area (Å²) in [6, 6.07) is 2.19. The van der Waals surface area contributed by atoms with Crippen molar-refractivity contribution in [2.24, 2.45) is 0 Å². The molecule has 6 heteroatoms. The van der Waals surface area contributed by atoms with Gasteiger partial charge in [-0.2, -0.15) is 0 Å². The van der Waals surface area contributed by atoms with E-state index < -0.39 is 15.7 Å². The van der Waals surface area contributed by atoms with Crippen LogP contribution in [-0.4, -0.2) is 24.9 Å². The lowest BCUT2D eigenvalue weighted by molar-refractivity contribution is 0.330. The highest BCUT2D eigenvalue weighted by atomic mass is 32.2. The lowest BCUT2D eigenvalue weighted by Gasteiger charge is -1.92. The third kappa shape index (κ3) is 1.87. The summed E-state index contributed by atoms with van der Waals surface area (Å²) in [6.07, 6.45) is 1.00. The van der Waals surface area contributed by atoms with Crippen LogP contribution in [-0.2, 0) is 14.9 Å². The summed E-state index contributed by atoms with van der Waals surface area (Å²) in [4.78, 5) is 0. The molecule has 0 atom stereocenters. The summed E-state index contributed by atoms with van der Waals surface area (Å²) < 4.78 is 21.5. The SMILES string of the molecule is CS(=O)(=O)c1ccc([O])nn1. The molecule has 1 rings (SSSR count). The zero-order valence-electron chi connectivity index (χ0n) is 5.68. The molecule has 0 spiro atoms. The van der Waals surface area contributed by atoms with E-state index in [0.717, 1.165) is 18.4 Å². The van der Waals surface area contributed by atoms with Gasteiger partial charge in [-0.3, -0.25) is 5.11 Å². The van der Waals surface area contributed by atoms with Crippen molar-refractivity contribution in [3.05, 3.63) is 12.1 Å². The number of hydrogen-bond donors (Lipinski definition) is 0. The Labute approximate surface area is 63.6 Å². The third-order valence-electron chi connectivity index (χ3n) is 0.996. The molecule has 1 aromatic rings. The molecule has 0 unspecified atom stereocenters. The maximum absolute atomic E-state index is 10.7. The minimum Gasteiger partial charge on any atom is -0.266 e. The maximum Gasteiger partial charge on any atom is 0.288 e. The van der Waals surface area contributed by atoms with Crippen molar-refractivity contribution in [3.63, 3.8) is 0 Å². The molecule has 0 fully saturated rings. The zero-order chi connectivity index (χ0) is 8.48. The van der Waals surface area contributed by atoms with E-state index >= 15 is 0 Å². The maximum atomic E-state index is 10.7. The monoisotopic (exact) mass is 173 g/mol. The van der Waals surface area contributed by atoms with Crippen molar-refractivity contribution < 1.29 is 13.5 Å². The van der Waals surface area contributed by atoms with Gasteiger partial charge in [0.25, 0.3) is 5.88 Å². The molecule has 11 heavy (non-hydrogen) atoms.